The first-order chi connectivity index (χ1) is 31.6. The van der Waals surface area contributed by atoms with Gasteiger partial charge in [-0.1, -0.05) is 30.5 Å². The summed E-state index contributed by atoms with van der Waals surface area (Å²) >= 11 is 8.10. The van der Waals surface area contributed by atoms with E-state index in [0.29, 0.717) is 12.3 Å². The number of carbonyl (C=O) groups excluding carboxylic acids is 2. The highest BCUT2D eigenvalue weighted by Gasteiger charge is 2.54. The Hall–Kier alpha value is -5.21. The summed E-state index contributed by atoms with van der Waals surface area (Å²) < 4.78 is 200. The van der Waals surface area contributed by atoms with Gasteiger partial charge in [0.05, 0.1) is 33.9 Å². The van der Waals surface area contributed by atoms with E-state index < -0.39 is 153 Å². The maximum atomic E-state index is 15.5. The van der Waals surface area contributed by atoms with Crippen LogP contribution in [0.5, 0.6) is 0 Å². The first-order valence-corrected chi connectivity index (χ1v) is 25.3. The van der Waals surface area contributed by atoms with E-state index in [1.165, 1.54) is 13.8 Å². The molecule has 0 spiro atoms. The van der Waals surface area contributed by atoms with Crippen LogP contribution in [-0.2, 0) is 67.4 Å². The molecule has 1 aliphatic carbocycles. The topological polar surface area (TPSA) is 175 Å². The molecular formula is C41H35ClF10IN7O7S2. The first-order valence-electron chi connectivity index (χ1n) is 19.7. The maximum Gasteiger partial charge on any atom is 0.435 e. The third-order valence-electron chi connectivity index (χ3n) is 10.7. The van der Waals surface area contributed by atoms with Crippen LogP contribution < -0.4 is 9.62 Å². The number of hydrogen-bond acceptors (Lipinski definition) is 10. The number of sulfonamides is 1. The number of hydrogen-bond donors (Lipinski definition) is 1. The van der Waals surface area contributed by atoms with Crippen molar-refractivity contribution in [2.45, 2.75) is 75.8 Å². The van der Waals surface area contributed by atoms with E-state index in [2.05, 4.69) is 32.3 Å². The number of halogens is 12. The molecule has 6 rings (SSSR count). The van der Waals surface area contributed by atoms with E-state index in [-0.39, 0.29) is 36.1 Å². The van der Waals surface area contributed by atoms with Crippen LogP contribution in [0.3, 0.4) is 0 Å². The zero-order chi connectivity index (χ0) is 51.6. The Bertz CT molecular complexity index is 3170. The fourth-order valence-corrected chi connectivity index (χ4v) is 8.87. The lowest BCUT2D eigenvalue weighted by Gasteiger charge is -2.23. The number of carbonyl (C=O) groups is 2. The Morgan fingerprint density at radius 3 is 2.17 bits per heavy atom. The quantitative estimate of drug-likeness (QED) is 0.0551. The summed E-state index contributed by atoms with van der Waals surface area (Å²) in [6.45, 7) is 0.181. The van der Waals surface area contributed by atoms with Gasteiger partial charge in [0.25, 0.3) is 5.92 Å². The van der Waals surface area contributed by atoms with Gasteiger partial charge in [0.15, 0.2) is 21.3 Å². The molecule has 14 nitrogen and oxygen atoms in total. The van der Waals surface area contributed by atoms with Gasteiger partial charge in [-0.25, -0.2) is 35.4 Å². The smallest absolute Gasteiger partial charge is 0.435 e. The zero-order valence-corrected chi connectivity index (χ0v) is 40.7. The number of benzene rings is 2. The van der Waals surface area contributed by atoms with Crippen molar-refractivity contribution in [3.63, 3.8) is 0 Å². The summed E-state index contributed by atoms with van der Waals surface area (Å²) in [4.78, 5) is 31.7. The van der Waals surface area contributed by atoms with E-state index in [4.69, 9.17) is 16.3 Å². The monoisotopic (exact) mass is 1150 g/mol. The summed E-state index contributed by atoms with van der Waals surface area (Å²) in [5, 5.41) is 8.54. The Balaban J connectivity index is 1.66. The molecule has 69 heavy (non-hydrogen) atoms. The number of aromatic nitrogens is 5. The molecule has 0 aliphatic heterocycles. The predicted octanol–water partition coefficient (Wildman–Crippen LogP) is 8.66. The molecular weight excluding hydrogens is 1120 g/mol. The number of rotatable bonds is 12. The number of amides is 2. The normalized spacial score (nSPS) is 15.6. The molecule has 28 heteroatoms. The lowest BCUT2D eigenvalue weighted by Crippen LogP contribution is -2.37. The van der Waals surface area contributed by atoms with Crippen molar-refractivity contribution in [3.8, 4) is 23.0 Å². The van der Waals surface area contributed by atoms with Gasteiger partial charge in [0, 0.05) is 34.9 Å². The molecule has 1 N–H and O–H groups in total. The molecule has 5 aromatic rings. The number of fused-ring (bicyclic) bond motifs is 2. The largest absolute Gasteiger partial charge is 0.438 e. The molecule has 0 radical (unpaired) electrons. The van der Waals surface area contributed by atoms with Crippen LogP contribution >= 0.6 is 34.2 Å². The first kappa shape index (κ1) is 53.1. The van der Waals surface area contributed by atoms with Crippen LogP contribution in [0, 0.1) is 29.4 Å². The molecule has 2 atom stereocenters. The van der Waals surface area contributed by atoms with Crippen molar-refractivity contribution >= 4 is 82.8 Å². The van der Waals surface area contributed by atoms with Crippen molar-refractivity contribution < 1.29 is 75.1 Å². The van der Waals surface area contributed by atoms with Gasteiger partial charge >= 0.3 is 18.4 Å². The minimum atomic E-state index is -5.24. The molecule has 372 valence electrons. The van der Waals surface area contributed by atoms with Gasteiger partial charge < -0.3 is 10.1 Å². The second-order valence-corrected chi connectivity index (χ2v) is 21.7. The number of anilines is 1. The van der Waals surface area contributed by atoms with Crippen molar-refractivity contribution in [1.29, 1.82) is 0 Å². The van der Waals surface area contributed by atoms with Gasteiger partial charge in [-0.3, -0.25) is 14.2 Å². The summed E-state index contributed by atoms with van der Waals surface area (Å²) in [5.41, 5.74) is -6.04. The lowest BCUT2D eigenvalue weighted by molar-refractivity contribution is -0.143. The van der Waals surface area contributed by atoms with Crippen molar-refractivity contribution in [1.82, 2.24) is 29.9 Å². The third kappa shape index (κ3) is 11.2. The van der Waals surface area contributed by atoms with Gasteiger partial charge in [0.2, 0.25) is 15.9 Å². The minimum absolute atomic E-state index is 0.0417. The molecule has 1 aliphatic rings. The zero-order valence-electron chi connectivity index (χ0n) is 36.1. The van der Waals surface area contributed by atoms with Gasteiger partial charge in [-0.2, -0.15) is 49.6 Å². The van der Waals surface area contributed by atoms with Crippen LogP contribution in [0.4, 0.5) is 54.5 Å². The highest BCUT2D eigenvalue weighted by molar-refractivity contribution is 14.1. The van der Waals surface area contributed by atoms with E-state index >= 15 is 8.78 Å². The number of ether oxygens (including phenoxy) is 1. The Labute approximate surface area is 404 Å². The van der Waals surface area contributed by atoms with Gasteiger partial charge in [0.1, 0.15) is 45.5 Å². The Morgan fingerprint density at radius 1 is 0.986 bits per heavy atom. The maximum absolute atomic E-state index is 15.5. The molecule has 3 heterocycles. The number of nitrogens with one attached hydrogen (secondary N) is 1. The summed E-state index contributed by atoms with van der Waals surface area (Å²) in [7, 11) is -8.67. The molecule has 0 bridgehead atoms. The minimum Gasteiger partial charge on any atom is -0.438 e. The number of nitrogens with zero attached hydrogens (tertiary/aromatic N) is 6. The van der Waals surface area contributed by atoms with Crippen molar-refractivity contribution in [2.24, 2.45) is 5.92 Å². The summed E-state index contributed by atoms with van der Waals surface area (Å²) in [6.07, 6.45) is -12.0. The molecule has 0 saturated carbocycles. The number of sulfone groups is 1. The predicted molar refractivity (Wildman–Crippen MR) is 237 cm³/mol. The van der Waals surface area contributed by atoms with E-state index in [0.717, 1.165) is 49.6 Å². The Morgan fingerprint density at radius 2 is 1.61 bits per heavy atom. The summed E-state index contributed by atoms with van der Waals surface area (Å²) in [5.74, 6) is -5.08. The SMILES string of the molecule is C[C@@H]1Cc2c(C(F)(F)F)nn(CC(=O)N[C@@H](Cc3cc(F)cc(F)c3)c3nc(C#CC(C)(C)S(C)(=O)=O)ccc3-c3ccc(Cl)c4c(N(C(=O)OCI)S(C)(=O)=O)nn(CC(F)(F)F)c34)c2C1(F)F. The highest BCUT2D eigenvalue weighted by atomic mass is 127. The molecule has 0 unspecified atom stereocenters. The molecule has 0 fully saturated rings. The number of alkyl halides is 9. The van der Waals surface area contributed by atoms with Crippen LogP contribution in [0.1, 0.15) is 60.7 Å². The van der Waals surface area contributed by atoms with Gasteiger partial charge in [-0.05, 0) is 91.1 Å². The fourth-order valence-electron chi connectivity index (χ4n) is 7.37. The van der Waals surface area contributed by atoms with Crippen LogP contribution in [0.15, 0.2) is 42.5 Å². The van der Waals surface area contributed by atoms with E-state index in [1.807, 2.05) is 0 Å². The molecule has 2 amide bonds. The van der Waals surface area contributed by atoms with E-state index in [1.54, 1.807) is 22.6 Å². The standard InChI is InChI=1S/C41H35ClF10IN7O7S2/c1-20-12-27-34(41(50,51)52)56-58(35(27)40(20,48)49)17-30(61)55-29(15-21-13-22(43)16-23(44)14-21)32-25(7-6-24(54-32)10-11-38(2,3)68(4,63)64)26-8-9-28(42)31-33(26)59(18-39(45,46)47)57-36(31)60(69(5,65)66)37(62)67-19-53/h6-9,13-14,16,20,29H,12,15,17-19H2,1-5H3,(H,55,61)/t20-,29+/m1/s1. The Kier molecular flexibility index (Phi) is 14.5. The lowest BCUT2D eigenvalue weighted by atomic mass is 9.93. The number of pyridine rings is 1. The van der Waals surface area contributed by atoms with E-state index in [9.17, 15) is 61.5 Å². The van der Waals surface area contributed by atoms with Gasteiger partial charge in [-0.15, -0.1) is 0 Å². The molecule has 0 saturated heterocycles. The third-order valence-corrected chi connectivity index (χ3v) is 14.3. The highest BCUT2D eigenvalue weighted by Crippen LogP contribution is 2.50. The van der Waals surface area contributed by atoms with Crippen LogP contribution in [0.25, 0.3) is 22.0 Å². The average molecular weight is 1150 g/mol. The molecule has 2 aromatic carbocycles. The van der Waals surface area contributed by atoms with Crippen molar-refractivity contribution in [3.05, 3.63) is 93.0 Å². The molecule has 3 aromatic heterocycles. The average Bonchev–Trinajstić information content (AvgIpc) is 3.81. The van der Waals surface area contributed by atoms with Crippen LogP contribution in [-0.4, -0.2) is 81.4 Å². The van der Waals surface area contributed by atoms with Crippen LogP contribution in [0.2, 0.25) is 5.02 Å². The second-order valence-electron chi connectivity index (χ2n) is 16.3. The second kappa shape index (κ2) is 18.8. The van der Waals surface area contributed by atoms with Crippen molar-refractivity contribution in [2.75, 3.05) is 21.4 Å². The summed E-state index contributed by atoms with van der Waals surface area (Å²) in [6, 6.07) is 4.75. The fraction of sp³-hybridized carbons (Fsp3) is 0.390.